The van der Waals surface area contributed by atoms with Crippen LogP contribution >= 0.6 is 33.9 Å². The molecule has 94 valence electrons. The van der Waals surface area contributed by atoms with Gasteiger partial charge in [0, 0.05) is 24.6 Å². The first-order valence-electron chi connectivity index (χ1n) is 5.79. The topological polar surface area (TPSA) is 38.3 Å². The number of hydrogen-bond donors (Lipinski definition) is 1. The number of carbonyl (C=O) groups excluding carboxylic acids is 1. The van der Waals surface area contributed by atoms with Crippen LogP contribution in [0.3, 0.4) is 0 Å². The maximum absolute atomic E-state index is 12.0. The van der Waals surface area contributed by atoms with E-state index in [4.69, 9.17) is 4.74 Å². The molecule has 1 saturated heterocycles. The van der Waals surface area contributed by atoms with Crippen molar-refractivity contribution in [1.82, 2.24) is 5.32 Å². The summed E-state index contributed by atoms with van der Waals surface area (Å²) >= 11 is 3.83. The Bertz CT molecular complexity index is 388. The van der Waals surface area contributed by atoms with Crippen LogP contribution in [0.5, 0.6) is 0 Å². The lowest BCUT2D eigenvalue weighted by Crippen LogP contribution is -2.40. The Morgan fingerprint density at radius 1 is 1.59 bits per heavy atom. The van der Waals surface area contributed by atoms with Crippen molar-refractivity contribution in [1.29, 1.82) is 0 Å². The van der Waals surface area contributed by atoms with Gasteiger partial charge in [-0.3, -0.25) is 4.79 Å². The van der Waals surface area contributed by atoms with Crippen molar-refractivity contribution >= 4 is 39.8 Å². The summed E-state index contributed by atoms with van der Waals surface area (Å²) in [7, 11) is 0. The maximum atomic E-state index is 12.0. The van der Waals surface area contributed by atoms with Crippen molar-refractivity contribution in [3.63, 3.8) is 0 Å². The molecule has 1 aliphatic rings. The summed E-state index contributed by atoms with van der Waals surface area (Å²) in [5.74, 6) is 0.591. The Kier molecular flexibility index (Phi) is 4.81. The van der Waals surface area contributed by atoms with Gasteiger partial charge in [-0.25, -0.2) is 0 Å². The van der Waals surface area contributed by atoms with Crippen LogP contribution in [0.2, 0.25) is 0 Å². The number of carbonyl (C=O) groups is 1. The highest BCUT2D eigenvalue weighted by Crippen LogP contribution is 2.20. The van der Waals surface area contributed by atoms with Crippen molar-refractivity contribution in [3.8, 4) is 0 Å². The van der Waals surface area contributed by atoms with Crippen LogP contribution in [0.1, 0.15) is 30.1 Å². The number of rotatable bonds is 3. The van der Waals surface area contributed by atoms with E-state index >= 15 is 0 Å². The molecule has 0 spiro atoms. The van der Waals surface area contributed by atoms with Crippen LogP contribution < -0.4 is 5.32 Å². The summed E-state index contributed by atoms with van der Waals surface area (Å²) in [6.45, 7) is 3.73. The molecule has 17 heavy (non-hydrogen) atoms. The Labute approximate surface area is 119 Å². The minimum Gasteiger partial charge on any atom is -0.381 e. The van der Waals surface area contributed by atoms with Crippen molar-refractivity contribution < 1.29 is 9.53 Å². The molecule has 1 aromatic heterocycles. The zero-order chi connectivity index (χ0) is 12.3. The van der Waals surface area contributed by atoms with Gasteiger partial charge in [-0.15, -0.1) is 11.3 Å². The lowest BCUT2D eigenvalue weighted by atomic mass is 9.93. The highest BCUT2D eigenvalue weighted by molar-refractivity contribution is 14.1. The molecule has 0 saturated carbocycles. The van der Waals surface area contributed by atoms with Crippen molar-refractivity contribution in [2.45, 2.75) is 25.8 Å². The number of halogens is 1. The van der Waals surface area contributed by atoms with Gasteiger partial charge in [0.1, 0.15) is 0 Å². The maximum Gasteiger partial charge on any atom is 0.252 e. The summed E-state index contributed by atoms with van der Waals surface area (Å²) in [6.07, 6.45) is 2.09. The van der Waals surface area contributed by atoms with E-state index in [0.29, 0.717) is 5.92 Å². The first kappa shape index (κ1) is 13.3. The standard InChI is InChI=1S/C12H16INO2S/c1-8(9-2-4-16-5-3-9)14-12(15)10-6-11(13)17-7-10/h6-9H,2-5H2,1H3,(H,14,15). The molecule has 2 rings (SSSR count). The number of hydrogen-bond acceptors (Lipinski definition) is 3. The molecule has 1 aliphatic heterocycles. The molecule has 1 aromatic rings. The Morgan fingerprint density at radius 2 is 2.29 bits per heavy atom. The number of ether oxygens (including phenoxy) is 1. The molecular formula is C12H16INO2S. The van der Waals surface area contributed by atoms with Gasteiger partial charge < -0.3 is 10.1 Å². The minimum absolute atomic E-state index is 0.0446. The first-order chi connectivity index (χ1) is 8.16. The van der Waals surface area contributed by atoms with E-state index < -0.39 is 0 Å². The summed E-state index contributed by atoms with van der Waals surface area (Å²) in [4.78, 5) is 12.0. The molecule has 5 heteroatoms. The van der Waals surface area contributed by atoms with E-state index in [0.717, 1.165) is 34.5 Å². The van der Waals surface area contributed by atoms with Gasteiger partial charge in [0.2, 0.25) is 0 Å². The van der Waals surface area contributed by atoms with Crippen LogP contribution in [0, 0.1) is 8.80 Å². The fraction of sp³-hybridized carbons (Fsp3) is 0.583. The van der Waals surface area contributed by atoms with Gasteiger partial charge in [-0.1, -0.05) is 0 Å². The third kappa shape index (κ3) is 3.66. The lowest BCUT2D eigenvalue weighted by Gasteiger charge is -2.28. The molecule has 1 amide bonds. The molecule has 0 aromatic carbocycles. The van der Waals surface area contributed by atoms with Gasteiger partial charge in [0.05, 0.1) is 8.45 Å². The molecule has 0 aliphatic carbocycles. The molecule has 1 fully saturated rings. The highest BCUT2D eigenvalue weighted by Gasteiger charge is 2.22. The summed E-state index contributed by atoms with van der Waals surface area (Å²) in [6, 6.07) is 2.15. The monoisotopic (exact) mass is 365 g/mol. The molecule has 2 heterocycles. The first-order valence-corrected chi connectivity index (χ1v) is 7.75. The third-order valence-corrected chi connectivity index (χ3v) is 4.95. The Hall–Kier alpha value is -0.140. The zero-order valence-corrected chi connectivity index (χ0v) is 12.7. The van der Waals surface area contributed by atoms with E-state index in [1.165, 1.54) is 0 Å². The van der Waals surface area contributed by atoms with Crippen LogP contribution in [-0.2, 0) is 4.74 Å². The van der Waals surface area contributed by atoms with Crippen LogP contribution in [0.15, 0.2) is 11.4 Å². The van der Waals surface area contributed by atoms with E-state index in [1.54, 1.807) is 11.3 Å². The van der Waals surface area contributed by atoms with Gasteiger partial charge >= 0.3 is 0 Å². The van der Waals surface area contributed by atoms with Crippen molar-refractivity contribution in [3.05, 3.63) is 19.9 Å². The molecule has 1 N–H and O–H groups in total. The van der Waals surface area contributed by atoms with E-state index in [-0.39, 0.29) is 11.9 Å². The third-order valence-electron chi connectivity index (χ3n) is 3.16. The SMILES string of the molecule is CC(NC(=O)c1csc(I)c1)C1CCOCC1. The summed E-state index contributed by atoms with van der Waals surface area (Å²) in [5.41, 5.74) is 0.776. The number of thiophene rings is 1. The molecule has 3 nitrogen and oxygen atoms in total. The Morgan fingerprint density at radius 3 is 2.88 bits per heavy atom. The average Bonchev–Trinajstić information content (AvgIpc) is 2.77. The molecular weight excluding hydrogens is 349 g/mol. The molecule has 1 atom stereocenters. The fourth-order valence-corrected chi connectivity index (χ4v) is 3.38. The minimum atomic E-state index is 0.0446. The fourth-order valence-electron chi connectivity index (χ4n) is 2.05. The lowest BCUT2D eigenvalue weighted by molar-refractivity contribution is 0.0538. The smallest absolute Gasteiger partial charge is 0.252 e. The summed E-state index contributed by atoms with van der Waals surface area (Å²) < 4.78 is 6.48. The number of amides is 1. The molecule has 0 radical (unpaired) electrons. The second-order valence-corrected chi connectivity index (χ2v) is 7.16. The normalized spacial score (nSPS) is 18.9. The van der Waals surface area contributed by atoms with E-state index in [1.807, 2.05) is 11.4 Å². The van der Waals surface area contributed by atoms with Gasteiger partial charge in [0.15, 0.2) is 0 Å². The second kappa shape index (κ2) is 6.15. The second-order valence-electron chi connectivity index (χ2n) is 4.35. The Balaban J connectivity index is 1.89. The summed E-state index contributed by atoms with van der Waals surface area (Å²) in [5, 5.41) is 5.00. The van der Waals surface area contributed by atoms with Gasteiger partial charge in [-0.05, 0) is 54.3 Å². The van der Waals surface area contributed by atoms with Crippen LogP contribution in [-0.4, -0.2) is 25.2 Å². The molecule has 1 unspecified atom stereocenters. The molecule has 0 bridgehead atoms. The number of nitrogens with one attached hydrogen (secondary N) is 1. The average molecular weight is 365 g/mol. The predicted molar refractivity (Wildman–Crippen MR) is 77.5 cm³/mol. The van der Waals surface area contributed by atoms with Crippen molar-refractivity contribution in [2.24, 2.45) is 5.92 Å². The van der Waals surface area contributed by atoms with Crippen LogP contribution in [0.4, 0.5) is 0 Å². The highest BCUT2D eigenvalue weighted by atomic mass is 127. The zero-order valence-electron chi connectivity index (χ0n) is 9.74. The van der Waals surface area contributed by atoms with E-state index in [9.17, 15) is 4.79 Å². The van der Waals surface area contributed by atoms with E-state index in [2.05, 4.69) is 34.8 Å². The van der Waals surface area contributed by atoms with Gasteiger partial charge in [0.25, 0.3) is 5.91 Å². The van der Waals surface area contributed by atoms with Gasteiger partial charge in [-0.2, -0.15) is 0 Å². The predicted octanol–water partition coefficient (Wildman–Crippen LogP) is 2.90. The van der Waals surface area contributed by atoms with Crippen LogP contribution in [0.25, 0.3) is 0 Å². The quantitative estimate of drug-likeness (QED) is 0.837. The van der Waals surface area contributed by atoms with Crippen molar-refractivity contribution in [2.75, 3.05) is 13.2 Å². The largest absolute Gasteiger partial charge is 0.381 e.